The lowest BCUT2D eigenvalue weighted by atomic mass is 10.2. The lowest BCUT2D eigenvalue weighted by Crippen LogP contribution is -2.38. The van der Waals surface area contributed by atoms with Gasteiger partial charge in [0.05, 0.1) is 12.5 Å². The van der Waals surface area contributed by atoms with E-state index in [2.05, 4.69) is 17.2 Å². The van der Waals surface area contributed by atoms with Gasteiger partial charge in [-0.3, -0.25) is 19.8 Å². The van der Waals surface area contributed by atoms with Crippen LogP contribution in [-0.2, 0) is 22.6 Å². The number of likely N-dealkylation sites (tertiary alicyclic amines) is 1. The summed E-state index contributed by atoms with van der Waals surface area (Å²) in [5.74, 6) is -0.205. The number of nitrogens with one attached hydrogen (secondary N) is 1. The number of hydrogen-bond donors (Lipinski definition) is 1. The molecule has 1 aliphatic rings. The topological polar surface area (TPSA) is 62.3 Å². The third-order valence-corrected chi connectivity index (χ3v) is 4.15. The van der Waals surface area contributed by atoms with Gasteiger partial charge in [-0.1, -0.05) is 6.92 Å². The lowest BCUT2D eigenvalue weighted by Gasteiger charge is -2.12. The third-order valence-electron chi connectivity index (χ3n) is 3.01. The molecule has 1 aromatic heterocycles. The van der Waals surface area contributed by atoms with Crippen molar-refractivity contribution in [2.24, 2.45) is 0 Å². The summed E-state index contributed by atoms with van der Waals surface area (Å²) < 4.78 is 0. The number of thiazole rings is 1. The summed E-state index contributed by atoms with van der Waals surface area (Å²) in [6.45, 7) is 4.90. The minimum atomic E-state index is -0.383. The number of hydrogen-bond acceptors (Lipinski definition) is 5. The van der Waals surface area contributed by atoms with Gasteiger partial charge in [0.1, 0.15) is 5.01 Å². The van der Waals surface area contributed by atoms with E-state index in [4.69, 9.17) is 0 Å². The average molecular weight is 267 g/mol. The Bertz CT molecular complexity index is 458. The quantitative estimate of drug-likeness (QED) is 0.807. The molecule has 0 aromatic carbocycles. The molecular formula is C12H17N3O2S. The first-order chi connectivity index (χ1) is 8.65. The van der Waals surface area contributed by atoms with E-state index < -0.39 is 0 Å². The first kappa shape index (κ1) is 13.2. The van der Waals surface area contributed by atoms with Crippen molar-refractivity contribution in [2.45, 2.75) is 39.3 Å². The fraction of sp³-hybridized carbons (Fsp3) is 0.583. The van der Waals surface area contributed by atoms with E-state index in [1.165, 1.54) is 9.78 Å². The van der Waals surface area contributed by atoms with Gasteiger partial charge < -0.3 is 0 Å². The van der Waals surface area contributed by atoms with E-state index in [0.29, 0.717) is 13.1 Å². The first-order valence-electron chi connectivity index (χ1n) is 6.16. The van der Waals surface area contributed by atoms with Gasteiger partial charge in [-0.15, -0.1) is 11.3 Å². The highest BCUT2D eigenvalue weighted by Gasteiger charge is 2.37. The van der Waals surface area contributed by atoms with Crippen LogP contribution in [0.1, 0.15) is 30.2 Å². The molecule has 1 unspecified atom stereocenters. The minimum Gasteiger partial charge on any atom is -0.299 e. The Kier molecular flexibility index (Phi) is 4.08. The number of carbonyl (C=O) groups excluding carboxylic acids is 2. The summed E-state index contributed by atoms with van der Waals surface area (Å²) in [5, 5.41) is 4.08. The molecule has 0 bridgehead atoms. The molecule has 2 rings (SSSR count). The largest absolute Gasteiger partial charge is 0.299 e. The van der Waals surface area contributed by atoms with Gasteiger partial charge >= 0.3 is 0 Å². The molecular weight excluding hydrogens is 250 g/mol. The number of amides is 2. The highest BCUT2D eigenvalue weighted by molar-refractivity contribution is 7.11. The number of aromatic nitrogens is 1. The smallest absolute Gasteiger partial charge is 0.246 e. The molecule has 18 heavy (non-hydrogen) atoms. The maximum Gasteiger partial charge on any atom is 0.246 e. The van der Waals surface area contributed by atoms with E-state index in [0.717, 1.165) is 11.4 Å². The van der Waals surface area contributed by atoms with Crippen LogP contribution >= 0.6 is 11.3 Å². The monoisotopic (exact) mass is 267 g/mol. The number of imide groups is 1. The highest BCUT2D eigenvalue weighted by Crippen LogP contribution is 2.16. The van der Waals surface area contributed by atoms with Crippen molar-refractivity contribution in [2.75, 3.05) is 6.54 Å². The van der Waals surface area contributed by atoms with Crippen LogP contribution in [0.25, 0.3) is 0 Å². The molecule has 0 aliphatic carbocycles. The maximum atomic E-state index is 11.9. The van der Waals surface area contributed by atoms with E-state index in [1.54, 1.807) is 11.3 Å². The zero-order valence-electron chi connectivity index (χ0n) is 10.6. The molecule has 2 amide bonds. The molecule has 0 saturated carbocycles. The van der Waals surface area contributed by atoms with Crippen LogP contribution in [0.15, 0.2) is 6.20 Å². The van der Waals surface area contributed by atoms with Crippen molar-refractivity contribution in [3.63, 3.8) is 0 Å². The van der Waals surface area contributed by atoms with Crippen molar-refractivity contribution < 1.29 is 9.59 Å². The average Bonchev–Trinajstić information content (AvgIpc) is 2.92. The number of nitrogens with zero attached hydrogens (tertiary/aromatic N) is 2. The van der Waals surface area contributed by atoms with E-state index in [9.17, 15) is 9.59 Å². The summed E-state index contributed by atoms with van der Waals surface area (Å²) in [4.78, 5) is 30.2. The second kappa shape index (κ2) is 5.58. The van der Waals surface area contributed by atoms with Gasteiger partial charge in [-0.2, -0.15) is 0 Å². The molecule has 2 heterocycles. The van der Waals surface area contributed by atoms with Gasteiger partial charge in [0, 0.05) is 24.2 Å². The Balaban J connectivity index is 1.91. The molecule has 1 aromatic rings. The summed E-state index contributed by atoms with van der Waals surface area (Å²) >= 11 is 1.64. The molecule has 98 valence electrons. The lowest BCUT2D eigenvalue weighted by molar-refractivity contribution is -0.138. The van der Waals surface area contributed by atoms with E-state index in [1.807, 2.05) is 13.1 Å². The minimum absolute atomic E-state index is 0.0895. The predicted octanol–water partition coefficient (Wildman–Crippen LogP) is 0.942. The normalized spacial score (nSPS) is 19.9. The Morgan fingerprint density at radius 3 is 2.83 bits per heavy atom. The van der Waals surface area contributed by atoms with Crippen LogP contribution < -0.4 is 5.32 Å². The maximum absolute atomic E-state index is 11.9. The zero-order valence-corrected chi connectivity index (χ0v) is 11.4. The molecule has 1 aliphatic heterocycles. The second-order valence-electron chi connectivity index (χ2n) is 4.19. The van der Waals surface area contributed by atoms with Crippen molar-refractivity contribution in [3.8, 4) is 0 Å². The van der Waals surface area contributed by atoms with Crippen LogP contribution in [-0.4, -0.2) is 34.3 Å². The summed E-state index contributed by atoms with van der Waals surface area (Å²) in [5.41, 5.74) is 0. The summed E-state index contributed by atoms with van der Waals surface area (Å²) in [7, 11) is 0. The standard InChI is InChI=1S/C12H17N3O2S/c1-3-8-6-14-10(18-8)7-13-9-5-11(16)15(4-2)12(9)17/h6,9,13H,3-5,7H2,1-2H3. The predicted molar refractivity (Wildman–Crippen MR) is 69.1 cm³/mol. The van der Waals surface area contributed by atoms with Crippen molar-refractivity contribution >= 4 is 23.2 Å². The Morgan fingerprint density at radius 2 is 2.28 bits per heavy atom. The molecule has 0 radical (unpaired) electrons. The third kappa shape index (κ3) is 2.59. The SMILES string of the molecule is CCc1cnc(CNC2CC(=O)N(CC)C2=O)s1. The fourth-order valence-corrected chi connectivity index (χ4v) is 2.79. The van der Waals surface area contributed by atoms with Crippen LogP contribution in [0.2, 0.25) is 0 Å². The molecule has 6 heteroatoms. The van der Waals surface area contributed by atoms with Crippen LogP contribution in [0.4, 0.5) is 0 Å². The second-order valence-corrected chi connectivity index (χ2v) is 5.39. The molecule has 1 N–H and O–H groups in total. The Labute approximate surface area is 110 Å². The van der Waals surface area contributed by atoms with Crippen LogP contribution in [0.3, 0.4) is 0 Å². The fourth-order valence-electron chi connectivity index (χ4n) is 1.98. The van der Waals surface area contributed by atoms with Gasteiger partial charge in [0.2, 0.25) is 11.8 Å². The number of carbonyl (C=O) groups is 2. The van der Waals surface area contributed by atoms with Crippen molar-refractivity contribution in [1.82, 2.24) is 15.2 Å². The van der Waals surface area contributed by atoms with E-state index >= 15 is 0 Å². The summed E-state index contributed by atoms with van der Waals surface area (Å²) in [6, 6.07) is -0.383. The van der Waals surface area contributed by atoms with Gasteiger partial charge in [-0.05, 0) is 13.3 Å². The molecule has 1 atom stereocenters. The van der Waals surface area contributed by atoms with Gasteiger partial charge in [0.15, 0.2) is 0 Å². The molecule has 5 nitrogen and oxygen atoms in total. The van der Waals surface area contributed by atoms with Gasteiger partial charge in [0.25, 0.3) is 0 Å². The van der Waals surface area contributed by atoms with E-state index in [-0.39, 0.29) is 24.3 Å². The molecule has 0 spiro atoms. The Hall–Kier alpha value is -1.27. The number of aryl methyl sites for hydroxylation is 1. The molecule has 1 saturated heterocycles. The summed E-state index contributed by atoms with van der Waals surface area (Å²) in [6.07, 6.45) is 3.10. The highest BCUT2D eigenvalue weighted by atomic mass is 32.1. The van der Waals surface area contributed by atoms with Crippen LogP contribution in [0.5, 0.6) is 0 Å². The molecule has 1 fully saturated rings. The Morgan fingerprint density at radius 1 is 1.50 bits per heavy atom. The number of likely N-dealkylation sites (N-methyl/N-ethyl adjacent to an activating group) is 1. The van der Waals surface area contributed by atoms with Crippen molar-refractivity contribution in [3.05, 3.63) is 16.1 Å². The zero-order chi connectivity index (χ0) is 13.1. The first-order valence-corrected chi connectivity index (χ1v) is 6.98. The van der Waals surface area contributed by atoms with Crippen LogP contribution in [0, 0.1) is 0 Å². The van der Waals surface area contributed by atoms with Crippen molar-refractivity contribution in [1.29, 1.82) is 0 Å². The number of rotatable bonds is 5. The van der Waals surface area contributed by atoms with Gasteiger partial charge in [-0.25, -0.2) is 4.98 Å².